The number of pyridine rings is 1. The van der Waals surface area contributed by atoms with Crippen LogP contribution in [0.5, 0.6) is 0 Å². The molecule has 0 spiro atoms. The van der Waals surface area contributed by atoms with E-state index in [0.29, 0.717) is 17.3 Å². The van der Waals surface area contributed by atoms with Crippen LogP contribution in [-0.4, -0.2) is 25.4 Å². The molecule has 1 aliphatic rings. The van der Waals surface area contributed by atoms with E-state index in [1.54, 1.807) is 48.7 Å². The van der Waals surface area contributed by atoms with Gasteiger partial charge in [0, 0.05) is 22.8 Å². The average molecular weight is 454 g/mol. The first-order valence-electron chi connectivity index (χ1n) is 10.0. The van der Waals surface area contributed by atoms with Gasteiger partial charge < -0.3 is 5.32 Å². The molecule has 4 rings (SSSR count). The van der Waals surface area contributed by atoms with Crippen molar-refractivity contribution < 1.29 is 13.2 Å². The zero-order valence-electron chi connectivity index (χ0n) is 17.0. The number of hydrogen-bond acceptors (Lipinski definition) is 5. The van der Waals surface area contributed by atoms with Crippen molar-refractivity contribution in [3.8, 4) is 0 Å². The maximum absolute atomic E-state index is 12.5. The third-order valence-electron chi connectivity index (χ3n) is 5.10. The summed E-state index contributed by atoms with van der Waals surface area (Å²) < 4.78 is 27.6. The van der Waals surface area contributed by atoms with Crippen molar-refractivity contribution in [2.75, 3.05) is 4.72 Å². The summed E-state index contributed by atoms with van der Waals surface area (Å²) in [7, 11) is -3.63. The predicted molar refractivity (Wildman–Crippen MR) is 122 cm³/mol. The Morgan fingerprint density at radius 1 is 1.00 bits per heavy atom. The molecule has 8 heteroatoms. The number of hydrogen-bond donors (Lipinski definition) is 2. The van der Waals surface area contributed by atoms with Crippen LogP contribution in [0, 0.1) is 6.92 Å². The highest BCUT2D eigenvalue weighted by molar-refractivity contribution is 7.99. The summed E-state index contributed by atoms with van der Waals surface area (Å²) >= 11 is 1.44. The molecule has 1 aliphatic carbocycles. The molecule has 0 unspecified atom stereocenters. The summed E-state index contributed by atoms with van der Waals surface area (Å²) in [6.45, 7) is 1.91. The van der Waals surface area contributed by atoms with Crippen LogP contribution in [0.1, 0.15) is 35.2 Å². The second kappa shape index (κ2) is 9.11. The third-order valence-corrected chi connectivity index (χ3v) is 7.45. The van der Waals surface area contributed by atoms with Gasteiger partial charge in [0.2, 0.25) is 0 Å². The highest BCUT2D eigenvalue weighted by Gasteiger charge is 2.20. The zero-order chi connectivity index (χ0) is 21.8. The largest absolute Gasteiger partial charge is 0.349 e. The van der Waals surface area contributed by atoms with Gasteiger partial charge in [0.1, 0.15) is 5.03 Å². The number of carbonyl (C=O) groups excluding carboxylic acids is 1. The lowest BCUT2D eigenvalue weighted by Crippen LogP contribution is -2.39. The van der Waals surface area contributed by atoms with Crippen molar-refractivity contribution in [2.45, 2.75) is 47.0 Å². The molecule has 31 heavy (non-hydrogen) atoms. The van der Waals surface area contributed by atoms with Crippen LogP contribution < -0.4 is 10.0 Å². The van der Waals surface area contributed by atoms with Crippen LogP contribution in [0.15, 0.2) is 81.7 Å². The van der Waals surface area contributed by atoms with Gasteiger partial charge in [-0.25, -0.2) is 13.4 Å². The normalized spacial score (nSPS) is 14.0. The number of aryl methyl sites for hydroxylation is 1. The summed E-state index contributed by atoms with van der Waals surface area (Å²) in [6.07, 6.45) is 4.85. The van der Waals surface area contributed by atoms with Crippen LogP contribution in [0.25, 0.3) is 0 Å². The highest BCUT2D eigenvalue weighted by atomic mass is 32.2. The van der Waals surface area contributed by atoms with Crippen molar-refractivity contribution in [2.24, 2.45) is 0 Å². The predicted octanol–water partition coefficient (Wildman–Crippen LogP) is 4.62. The molecule has 160 valence electrons. The van der Waals surface area contributed by atoms with E-state index in [-0.39, 0.29) is 10.8 Å². The van der Waals surface area contributed by atoms with Crippen LogP contribution in [0.3, 0.4) is 0 Å². The van der Waals surface area contributed by atoms with Crippen LogP contribution >= 0.6 is 11.8 Å². The summed E-state index contributed by atoms with van der Waals surface area (Å²) in [5.74, 6) is -0.0843. The van der Waals surface area contributed by atoms with Gasteiger partial charge in [0.15, 0.2) is 0 Å². The lowest BCUT2D eigenvalue weighted by Gasteiger charge is -2.26. The molecule has 0 saturated heterocycles. The monoisotopic (exact) mass is 453 g/mol. The van der Waals surface area contributed by atoms with E-state index in [0.717, 1.165) is 28.3 Å². The summed E-state index contributed by atoms with van der Waals surface area (Å²) in [4.78, 5) is 17.7. The van der Waals surface area contributed by atoms with Crippen LogP contribution in [0.4, 0.5) is 5.69 Å². The Morgan fingerprint density at radius 2 is 1.71 bits per heavy atom. The molecule has 0 atom stereocenters. The van der Waals surface area contributed by atoms with Crippen molar-refractivity contribution in [3.05, 3.63) is 78.0 Å². The number of anilines is 1. The minimum absolute atomic E-state index is 0.0843. The van der Waals surface area contributed by atoms with Gasteiger partial charge in [-0.1, -0.05) is 29.5 Å². The lowest BCUT2D eigenvalue weighted by molar-refractivity contribution is 0.0916. The van der Waals surface area contributed by atoms with Gasteiger partial charge in [0.05, 0.1) is 10.5 Å². The fourth-order valence-corrected chi connectivity index (χ4v) is 4.85. The van der Waals surface area contributed by atoms with E-state index in [4.69, 9.17) is 0 Å². The molecule has 1 fully saturated rings. The molecule has 1 aromatic heterocycles. The first-order chi connectivity index (χ1) is 14.9. The summed E-state index contributed by atoms with van der Waals surface area (Å²) in [6, 6.07) is 17.7. The maximum atomic E-state index is 12.5. The maximum Gasteiger partial charge on any atom is 0.261 e. The molecular formula is C23H23N3O3S2. The van der Waals surface area contributed by atoms with E-state index in [2.05, 4.69) is 15.0 Å². The van der Waals surface area contributed by atoms with Gasteiger partial charge in [0.25, 0.3) is 15.9 Å². The molecule has 0 bridgehead atoms. The first-order valence-corrected chi connectivity index (χ1v) is 12.3. The summed E-state index contributed by atoms with van der Waals surface area (Å²) in [5, 5.41) is 3.76. The Bertz CT molecular complexity index is 1160. The quantitative estimate of drug-likeness (QED) is 0.545. The molecule has 0 aliphatic heterocycles. The van der Waals surface area contributed by atoms with E-state index < -0.39 is 10.0 Å². The van der Waals surface area contributed by atoms with Crippen molar-refractivity contribution >= 4 is 33.4 Å². The topological polar surface area (TPSA) is 88.2 Å². The Morgan fingerprint density at radius 3 is 2.29 bits per heavy atom. The highest BCUT2D eigenvalue weighted by Crippen LogP contribution is 2.28. The smallest absolute Gasteiger partial charge is 0.261 e. The van der Waals surface area contributed by atoms with Gasteiger partial charge >= 0.3 is 0 Å². The van der Waals surface area contributed by atoms with E-state index in [9.17, 15) is 13.2 Å². The molecule has 1 amide bonds. The van der Waals surface area contributed by atoms with Gasteiger partial charge in [-0.15, -0.1) is 0 Å². The number of nitrogens with zero attached hydrogens (tertiary/aromatic N) is 1. The first kappa shape index (κ1) is 21.4. The lowest BCUT2D eigenvalue weighted by atomic mass is 9.93. The van der Waals surface area contributed by atoms with E-state index >= 15 is 0 Å². The molecule has 6 nitrogen and oxygen atoms in total. The van der Waals surface area contributed by atoms with E-state index in [1.165, 1.54) is 18.2 Å². The third kappa shape index (κ3) is 5.45. The second-order valence-corrected chi connectivity index (χ2v) is 10.3. The number of sulfonamides is 1. The minimum Gasteiger partial charge on any atom is -0.349 e. The van der Waals surface area contributed by atoms with Crippen molar-refractivity contribution in [1.29, 1.82) is 0 Å². The number of benzene rings is 2. The van der Waals surface area contributed by atoms with Crippen molar-refractivity contribution in [3.63, 3.8) is 0 Å². The molecule has 0 radical (unpaired) electrons. The fraction of sp³-hybridized carbons (Fsp3) is 0.217. The molecule has 2 N–H and O–H groups in total. The number of nitrogens with one attached hydrogen (secondary N) is 2. The SMILES string of the molecule is Cc1ccc(S(=O)(=O)Nc2ccc(Sc3ccc(C(=O)NC4CCC4)cn3)cc2)cc1. The van der Waals surface area contributed by atoms with Crippen LogP contribution in [-0.2, 0) is 10.0 Å². The van der Waals surface area contributed by atoms with Gasteiger partial charge in [-0.2, -0.15) is 0 Å². The second-order valence-electron chi connectivity index (χ2n) is 7.53. The molecular weight excluding hydrogens is 430 g/mol. The Kier molecular flexibility index (Phi) is 6.29. The Hall–Kier alpha value is -2.84. The van der Waals surface area contributed by atoms with Crippen LogP contribution in [0.2, 0.25) is 0 Å². The molecule has 1 saturated carbocycles. The Labute approximate surface area is 186 Å². The number of aromatic nitrogens is 1. The fourth-order valence-electron chi connectivity index (χ4n) is 3.04. The molecule has 3 aromatic rings. The summed E-state index contributed by atoms with van der Waals surface area (Å²) in [5.41, 5.74) is 2.04. The zero-order valence-corrected chi connectivity index (χ0v) is 18.7. The molecule has 2 aromatic carbocycles. The Balaban J connectivity index is 1.37. The number of rotatable bonds is 7. The van der Waals surface area contributed by atoms with Crippen molar-refractivity contribution in [1.82, 2.24) is 10.3 Å². The average Bonchev–Trinajstić information content (AvgIpc) is 2.73. The van der Waals surface area contributed by atoms with Gasteiger partial charge in [-0.05, 0) is 74.7 Å². The van der Waals surface area contributed by atoms with E-state index in [1.807, 2.05) is 25.1 Å². The molecule has 1 heterocycles. The standard InChI is InChI=1S/C23H23N3O3S2/c1-16-5-12-21(13-6-16)31(28,29)26-19-8-10-20(11-9-19)30-22-14-7-17(15-24-22)23(27)25-18-3-2-4-18/h5-15,18,26H,2-4H2,1H3,(H,25,27). The minimum atomic E-state index is -3.63. The number of amides is 1. The number of carbonyl (C=O) groups is 1. The van der Waals surface area contributed by atoms with Gasteiger partial charge in [-0.3, -0.25) is 9.52 Å².